The summed E-state index contributed by atoms with van der Waals surface area (Å²) >= 11 is 0. The van der Waals surface area contributed by atoms with Crippen molar-refractivity contribution in [2.24, 2.45) is 0 Å². The maximum absolute atomic E-state index is 6.50. The number of fused-ring (bicyclic) bond motifs is 3. The molecule has 0 aliphatic heterocycles. The van der Waals surface area contributed by atoms with Crippen molar-refractivity contribution in [1.29, 1.82) is 0 Å². The Kier molecular flexibility index (Phi) is 7.39. The molecule has 0 spiro atoms. The summed E-state index contributed by atoms with van der Waals surface area (Å²) in [5.74, 6) is 3.00. The van der Waals surface area contributed by atoms with Gasteiger partial charge in [0, 0.05) is 46.9 Å². The van der Waals surface area contributed by atoms with E-state index in [2.05, 4.69) is 112 Å². The highest BCUT2D eigenvalue weighted by atomic mass is 16.5. The molecule has 7 aromatic rings. The van der Waals surface area contributed by atoms with Crippen molar-refractivity contribution in [2.45, 2.75) is 52.4 Å². The van der Waals surface area contributed by atoms with Crippen molar-refractivity contribution in [2.75, 3.05) is 7.11 Å². The standard InChI is InChI=1S/C41H40N4O2/c1-40(2,3)34-15-11-16-35(41(4,5)6)39(34)27-25-43-44(26-27)28-12-10-13-30(22-28)47-31-18-19-33-32-14-8-9-17-36(32)45(37(33)23-31)38-24-29(46-7)20-21-42-38/h8-26H,1-7H3. The monoisotopic (exact) mass is 620 g/mol. The van der Waals surface area contributed by atoms with Crippen molar-refractivity contribution in [3.63, 3.8) is 0 Å². The molecular weight excluding hydrogens is 580 g/mol. The molecule has 0 N–H and O–H groups in total. The molecule has 0 atom stereocenters. The number of rotatable bonds is 6. The first kappa shape index (κ1) is 30.3. The lowest BCUT2D eigenvalue weighted by Gasteiger charge is -2.29. The second-order valence-corrected chi connectivity index (χ2v) is 14.1. The van der Waals surface area contributed by atoms with Gasteiger partial charge in [0.15, 0.2) is 0 Å². The smallest absolute Gasteiger partial charge is 0.141 e. The third kappa shape index (κ3) is 5.65. The van der Waals surface area contributed by atoms with E-state index in [1.165, 1.54) is 16.7 Å². The topological polar surface area (TPSA) is 54.1 Å². The van der Waals surface area contributed by atoms with Crippen molar-refractivity contribution < 1.29 is 9.47 Å². The van der Waals surface area contributed by atoms with E-state index in [1.807, 2.05) is 53.3 Å². The fourth-order valence-corrected chi connectivity index (χ4v) is 6.44. The molecule has 3 heterocycles. The molecule has 0 saturated heterocycles. The van der Waals surface area contributed by atoms with Gasteiger partial charge in [-0.15, -0.1) is 0 Å². The number of pyridine rings is 1. The average molecular weight is 621 g/mol. The Labute approximate surface area is 276 Å². The number of methoxy groups -OCH3 is 1. The SMILES string of the molecule is COc1ccnc(-n2c3ccccc3c3ccc(Oc4cccc(-n5cc(-c6c(C(C)(C)C)cccc6C(C)(C)C)cn5)c4)cc32)c1. The second-order valence-electron chi connectivity index (χ2n) is 14.1. The van der Waals surface area contributed by atoms with Crippen LogP contribution in [0.3, 0.4) is 0 Å². The first-order valence-electron chi connectivity index (χ1n) is 16.0. The lowest BCUT2D eigenvalue weighted by atomic mass is 9.75. The number of hydrogen-bond acceptors (Lipinski definition) is 4. The van der Waals surface area contributed by atoms with Crippen molar-refractivity contribution in [3.05, 3.63) is 127 Å². The van der Waals surface area contributed by atoms with Gasteiger partial charge in [-0.3, -0.25) is 4.57 Å². The predicted molar refractivity (Wildman–Crippen MR) is 192 cm³/mol. The molecule has 7 rings (SSSR count). The van der Waals surface area contributed by atoms with E-state index < -0.39 is 0 Å². The molecule has 0 bridgehead atoms. The first-order chi connectivity index (χ1) is 22.5. The number of hydrogen-bond donors (Lipinski definition) is 0. The Hall–Kier alpha value is -5.36. The number of nitrogens with zero attached hydrogens (tertiary/aromatic N) is 4. The van der Waals surface area contributed by atoms with Gasteiger partial charge in [0.1, 0.15) is 23.1 Å². The van der Waals surface area contributed by atoms with E-state index in [1.54, 1.807) is 13.3 Å². The molecule has 236 valence electrons. The molecule has 0 aliphatic carbocycles. The van der Waals surface area contributed by atoms with Crippen LogP contribution in [0, 0.1) is 0 Å². The van der Waals surface area contributed by atoms with Gasteiger partial charge in [-0.2, -0.15) is 5.10 Å². The van der Waals surface area contributed by atoms with Gasteiger partial charge in [0.05, 0.1) is 30.0 Å². The number of aromatic nitrogens is 4. The van der Waals surface area contributed by atoms with E-state index in [9.17, 15) is 0 Å². The predicted octanol–water partition coefficient (Wildman–Crippen LogP) is 10.4. The Morgan fingerprint density at radius 3 is 2.09 bits per heavy atom. The average Bonchev–Trinajstić information content (AvgIpc) is 3.67. The zero-order valence-electron chi connectivity index (χ0n) is 28.1. The molecule has 4 aromatic carbocycles. The third-order valence-electron chi connectivity index (χ3n) is 8.70. The second kappa shape index (κ2) is 11.5. The van der Waals surface area contributed by atoms with E-state index in [0.717, 1.165) is 56.1 Å². The molecule has 0 saturated carbocycles. The lowest BCUT2D eigenvalue weighted by molar-refractivity contribution is 0.414. The number of ether oxygens (including phenoxy) is 2. The van der Waals surface area contributed by atoms with Crippen LogP contribution in [-0.4, -0.2) is 26.4 Å². The van der Waals surface area contributed by atoms with Crippen LogP contribution < -0.4 is 9.47 Å². The summed E-state index contributed by atoms with van der Waals surface area (Å²) in [5, 5.41) is 7.10. The maximum Gasteiger partial charge on any atom is 0.141 e. The van der Waals surface area contributed by atoms with Crippen LogP contribution >= 0.6 is 0 Å². The van der Waals surface area contributed by atoms with Gasteiger partial charge in [-0.05, 0) is 63.9 Å². The van der Waals surface area contributed by atoms with E-state index in [0.29, 0.717) is 0 Å². The largest absolute Gasteiger partial charge is 0.497 e. The maximum atomic E-state index is 6.50. The Bertz CT molecular complexity index is 2210. The van der Waals surface area contributed by atoms with E-state index >= 15 is 0 Å². The number of benzene rings is 4. The summed E-state index contributed by atoms with van der Waals surface area (Å²) in [5.41, 5.74) is 7.98. The van der Waals surface area contributed by atoms with Gasteiger partial charge in [-0.25, -0.2) is 9.67 Å². The molecule has 3 aromatic heterocycles. The Morgan fingerprint density at radius 1 is 0.638 bits per heavy atom. The molecular formula is C41H40N4O2. The summed E-state index contributed by atoms with van der Waals surface area (Å²) in [6.07, 6.45) is 5.88. The summed E-state index contributed by atoms with van der Waals surface area (Å²) in [6, 6.07) is 33.1. The minimum absolute atomic E-state index is 0.0120. The fraction of sp³-hybridized carbons (Fsp3) is 0.220. The van der Waals surface area contributed by atoms with Gasteiger partial charge in [-0.1, -0.05) is 84.0 Å². The van der Waals surface area contributed by atoms with Crippen LogP contribution in [0.5, 0.6) is 17.2 Å². The third-order valence-corrected chi connectivity index (χ3v) is 8.70. The highest BCUT2D eigenvalue weighted by molar-refractivity contribution is 6.09. The summed E-state index contributed by atoms with van der Waals surface area (Å²) < 4.78 is 16.1. The zero-order valence-corrected chi connectivity index (χ0v) is 28.1. The molecule has 0 radical (unpaired) electrons. The molecule has 0 aliphatic rings. The van der Waals surface area contributed by atoms with Crippen molar-refractivity contribution in [3.8, 4) is 39.9 Å². The van der Waals surface area contributed by atoms with Crippen LogP contribution in [-0.2, 0) is 10.8 Å². The highest BCUT2D eigenvalue weighted by Crippen LogP contribution is 2.41. The minimum Gasteiger partial charge on any atom is -0.497 e. The van der Waals surface area contributed by atoms with Gasteiger partial charge < -0.3 is 9.47 Å². The molecule has 6 nitrogen and oxygen atoms in total. The quantitative estimate of drug-likeness (QED) is 0.186. The molecule has 0 unspecified atom stereocenters. The van der Waals surface area contributed by atoms with Crippen LogP contribution in [0.15, 0.2) is 116 Å². The van der Waals surface area contributed by atoms with Crippen LogP contribution in [0.1, 0.15) is 52.7 Å². The Morgan fingerprint density at radius 2 is 1.34 bits per heavy atom. The van der Waals surface area contributed by atoms with Crippen LogP contribution in [0.4, 0.5) is 0 Å². The summed E-state index contributed by atoms with van der Waals surface area (Å²) in [4.78, 5) is 4.68. The van der Waals surface area contributed by atoms with E-state index in [-0.39, 0.29) is 10.8 Å². The Balaban J connectivity index is 1.26. The summed E-state index contributed by atoms with van der Waals surface area (Å²) in [6.45, 7) is 13.6. The van der Waals surface area contributed by atoms with Crippen LogP contribution in [0.25, 0.3) is 44.4 Å². The van der Waals surface area contributed by atoms with Gasteiger partial charge in [0.25, 0.3) is 0 Å². The molecule has 6 heteroatoms. The van der Waals surface area contributed by atoms with Gasteiger partial charge >= 0.3 is 0 Å². The molecule has 47 heavy (non-hydrogen) atoms. The van der Waals surface area contributed by atoms with Crippen molar-refractivity contribution in [1.82, 2.24) is 19.3 Å². The van der Waals surface area contributed by atoms with Gasteiger partial charge in [0.2, 0.25) is 0 Å². The van der Waals surface area contributed by atoms with E-state index in [4.69, 9.17) is 14.6 Å². The first-order valence-corrected chi connectivity index (χ1v) is 16.0. The lowest BCUT2D eigenvalue weighted by Crippen LogP contribution is -2.18. The fourth-order valence-electron chi connectivity index (χ4n) is 6.44. The summed E-state index contributed by atoms with van der Waals surface area (Å²) in [7, 11) is 1.67. The normalized spacial score (nSPS) is 12.1. The van der Waals surface area contributed by atoms with Crippen LogP contribution in [0.2, 0.25) is 0 Å². The highest BCUT2D eigenvalue weighted by Gasteiger charge is 2.27. The zero-order chi connectivity index (χ0) is 32.9. The molecule has 0 fully saturated rings. The molecule has 0 amide bonds. The minimum atomic E-state index is -0.0120. The van der Waals surface area contributed by atoms with Crippen molar-refractivity contribution >= 4 is 21.8 Å². The number of para-hydroxylation sites is 1.